The van der Waals surface area contributed by atoms with E-state index in [9.17, 15) is 14.3 Å². The molecule has 128 valence electrons. The second kappa shape index (κ2) is 6.19. The summed E-state index contributed by atoms with van der Waals surface area (Å²) in [5.74, 6) is -0.387. The summed E-state index contributed by atoms with van der Waals surface area (Å²) >= 11 is 0. The fourth-order valence-electron chi connectivity index (χ4n) is 2.85. The molecule has 0 aromatic heterocycles. The summed E-state index contributed by atoms with van der Waals surface area (Å²) in [6.45, 7) is 3.44. The number of nitrogens with one attached hydrogen (secondary N) is 1. The number of ether oxygens (including phenoxy) is 1. The van der Waals surface area contributed by atoms with Gasteiger partial charge in [-0.05, 0) is 56.3 Å². The maximum absolute atomic E-state index is 13.0. The van der Waals surface area contributed by atoms with Gasteiger partial charge in [0.25, 0.3) is 5.91 Å². The van der Waals surface area contributed by atoms with Crippen LogP contribution in [0.2, 0.25) is 0 Å². The SMILES string of the molecule is CC1(C)Oc2ccc(C#N)cc2[C@@H](NC(=O)c2ccc(F)cc2)[C@H]1O. The van der Waals surface area contributed by atoms with Gasteiger partial charge in [-0.25, -0.2) is 4.39 Å². The number of nitrogens with zero attached hydrogens (tertiary/aromatic N) is 1. The number of aliphatic hydroxyl groups excluding tert-OH is 1. The van der Waals surface area contributed by atoms with E-state index in [0.29, 0.717) is 16.9 Å². The van der Waals surface area contributed by atoms with E-state index >= 15 is 0 Å². The third-order valence-electron chi connectivity index (χ3n) is 4.27. The van der Waals surface area contributed by atoms with Gasteiger partial charge in [0.2, 0.25) is 0 Å². The number of carbonyl (C=O) groups excluding carboxylic acids is 1. The van der Waals surface area contributed by atoms with Gasteiger partial charge in [-0.2, -0.15) is 5.26 Å². The molecule has 1 aliphatic rings. The van der Waals surface area contributed by atoms with Crippen LogP contribution in [0.5, 0.6) is 5.75 Å². The molecule has 2 aromatic carbocycles. The van der Waals surface area contributed by atoms with Crippen molar-refractivity contribution in [3.8, 4) is 11.8 Å². The van der Waals surface area contributed by atoms with Crippen LogP contribution in [0.3, 0.4) is 0 Å². The Balaban J connectivity index is 1.97. The molecular weight excluding hydrogens is 323 g/mol. The zero-order valence-corrected chi connectivity index (χ0v) is 13.8. The number of rotatable bonds is 2. The van der Waals surface area contributed by atoms with Crippen LogP contribution in [0.4, 0.5) is 4.39 Å². The molecule has 0 aliphatic carbocycles. The molecular formula is C19H17FN2O3. The summed E-state index contributed by atoms with van der Waals surface area (Å²) in [5.41, 5.74) is 0.273. The summed E-state index contributed by atoms with van der Waals surface area (Å²) in [7, 11) is 0. The maximum atomic E-state index is 13.0. The van der Waals surface area contributed by atoms with Crippen LogP contribution in [-0.2, 0) is 0 Å². The Labute approximate surface area is 144 Å². The lowest BCUT2D eigenvalue weighted by atomic mass is 9.85. The number of benzene rings is 2. The summed E-state index contributed by atoms with van der Waals surface area (Å²) < 4.78 is 18.8. The van der Waals surface area contributed by atoms with Crippen LogP contribution in [0.1, 0.15) is 41.4 Å². The molecule has 2 N–H and O–H groups in total. The van der Waals surface area contributed by atoms with E-state index in [1.54, 1.807) is 32.0 Å². The van der Waals surface area contributed by atoms with E-state index in [4.69, 9.17) is 10.00 Å². The number of aliphatic hydroxyl groups is 1. The van der Waals surface area contributed by atoms with E-state index in [2.05, 4.69) is 5.32 Å². The Hall–Kier alpha value is -2.91. The maximum Gasteiger partial charge on any atom is 0.251 e. The Kier molecular flexibility index (Phi) is 4.19. The lowest BCUT2D eigenvalue weighted by Crippen LogP contribution is -2.53. The second-order valence-corrected chi connectivity index (χ2v) is 6.47. The van der Waals surface area contributed by atoms with Gasteiger partial charge in [-0.15, -0.1) is 0 Å². The Morgan fingerprint density at radius 2 is 1.96 bits per heavy atom. The van der Waals surface area contributed by atoms with Crippen LogP contribution >= 0.6 is 0 Å². The highest BCUT2D eigenvalue weighted by atomic mass is 19.1. The lowest BCUT2D eigenvalue weighted by Gasteiger charge is -2.42. The van der Waals surface area contributed by atoms with Gasteiger partial charge >= 0.3 is 0 Å². The standard InChI is InChI=1S/C19H17FN2O3/c1-19(2)17(23)16(14-9-11(10-21)3-8-15(14)25-19)22-18(24)12-4-6-13(20)7-5-12/h3-9,16-17,23H,1-2H3,(H,22,24)/t16-,17-/m1/s1. The zero-order valence-electron chi connectivity index (χ0n) is 13.8. The predicted molar refractivity (Wildman–Crippen MR) is 88.5 cm³/mol. The molecule has 0 saturated heterocycles. The number of nitriles is 1. The Morgan fingerprint density at radius 3 is 2.60 bits per heavy atom. The molecule has 2 atom stereocenters. The molecule has 6 heteroatoms. The number of fused-ring (bicyclic) bond motifs is 1. The minimum Gasteiger partial charge on any atom is -0.485 e. The van der Waals surface area contributed by atoms with Crippen LogP contribution in [0, 0.1) is 17.1 Å². The van der Waals surface area contributed by atoms with Crippen molar-refractivity contribution in [1.82, 2.24) is 5.32 Å². The van der Waals surface area contributed by atoms with E-state index in [-0.39, 0.29) is 5.56 Å². The van der Waals surface area contributed by atoms with Crippen LogP contribution < -0.4 is 10.1 Å². The molecule has 0 radical (unpaired) electrons. The summed E-state index contributed by atoms with van der Waals surface area (Å²) in [5, 5.41) is 22.5. The molecule has 0 fully saturated rings. The molecule has 0 bridgehead atoms. The first-order valence-electron chi connectivity index (χ1n) is 7.79. The highest BCUT2D eigenvalue weighted by molar-refractivity contribution is 5.94. The molecule has 1 aliphatic heterocycles. The highest BCUT2D eigenvalue weighted by Gasteiger charge is 2.43. The van der Waals surface area contributed by atoms with Gasteiger partial charge in [0.1, 0.15) is 23.3 Å². The van der Waals surface area contributed by atoms with Crippen molar-refractivity contribution < 1.29 is 19.0 Å². The Morgan fingerprint density at radius 1 is 1.28 bits per heavy atom. The van der Waals surface area contributed by atoms with Crippen molar-refractivity contribution in [2.45, 2.75) is 31.6 Å². The van der Waals surface area contributed by atoms with Crippen LogP contribution in [0.15, 0.2) is 42.5 Å². The lowest BCUT2D eigenvalue weighted by molar-refractivity contribution is -0.0627. The molecule has 0 spiro atoms. The van der Waals surface area contributed by atoms with E-state index in [1.165, 1.54) is 24.3 Å². The minimum atomic E-state index is -1.03. The quantitative estimate of drug-likeness (QED) is 0.881. The first-order chi connectivity index (χ1) is 11.8. The normalized spacial score (nSPS) is 20.8. The third kappa shape index (κ3) is 3.19. The molecule has 0 unspecified atom stereocenters. The molecule has 2 aromatic rings. The number of carbonyl (C=O) groups is 1. The molecule has 3 rings (SSSR count). The topological polar surface area (TPSA) is 82.3 Å². The molecule has 0 saturated carbocycles. The summed E-state index contributed by atoms with van der Waals surface area (Å²) in [6, 6.07) is 11.3. The first-order valence-corrected chi connectivity index (χ1v) is 7.79. The molecule has 1 heterocycles. The average Bonchev–Trinajstić information content (AvgIpc) is 2.59. The molecule has 1 amide bonds. The third-order valence-corrected chi connectivity index (χ3v) is 4.27. The van der Waals surface area contributed by atoms with Gasteiger partial charge in [-0.1, -0.05) is 0 Å². The smallest absolute Gasteiger partial charge is 0.251 e. The van der Waals surface area contributed by atoms with Gasteiger partial charge in [0, 0.05) is 11.1 Å². The average molecular weight is 340 g/mol. The van der Waals surface area contributed by atoms with Gasteiger partial charge in [0.15, 0.2) is 0 Å². The fraction of sp³-hybridized carbons (Fsp3) is 0.263. The van der Waals surface area contributed by atoms with Crippen molar-refractivity contribution in [2.24, 2.45) is 0 Å². The minimum absolute atomic E-state index is 0.274. The molecule has 25 heavy (non-hydrogen) atoms. The zero-order chi connectivity index (χ0) is 18.2. The number of halogens is 1. The fourth-order valence-corrected chi connectivity index (χ4v) is 2.85. The van der Waals surface area contributed by atoms with Gasteiger partial charge in [-0.3, -0.25) is 4.79 Å². The molecule has 5 nitrogen and oxygen atoms in total. The second-order valence-electron chi connectivity index (χ2n) is 6.47. The van der Waals surface area contributed by atoms with E-state index in [1.807, 2.05) is 6.07 Å². The summed E-state index contributed by atoms with van der Waals surface area (Å²) in [4.78, 5) is 12.5. The first kappa shape index (κ1) is 16.9. The highest BCUT2D eigenvalue weighted by Crippen LogP contribution is 2.40. The van der Waals surface area contributed by atoms with Crippen molar-refractivity contribution >= 4 is 5.91 Å². The van der Waals surface area contributed by atoms with E-state index in [0.717, 1.165) is 0 Å². The van der Waals surface area contributed by atoms with Gasteiger partial charge < -0.3 is 15.2 Å². The predicted octanol–water partition coefficient (Wildman–Crippen LogP) is 2.70. The Bertz CT molecular complexity index is 856. The van der Waals surface area contributed by atoms with Crippen molar-refractivity contribution in [3.63, 3.8) is 0 Å². The number of amides is 1. The van der Waals surface area contributed by atoms with Crippen molar-refractivity contribution in [1.29, 1.82) is 5.26 Å². The number of hydrogen-bond acceptors (Lipinski definition) is 4. The number of hydrogen-bond donors (Lipinski definition) is 2. The largest absolute Gasteiger partial charge is 0.485 e. The monoisotopic (exact) mass is 340 g/mol. The van der Waals surface area contributed by atoms with Crippen molar-refractivity contribution in [3.05, 3.63) is 65.0 Å². The van der Waals surface area contributed by atoms with Crippen molar-refractivity contribution in [2.75, 3.05) is 0 Å². The van der Waals surface area contributed by atoms with E-state index < -0.39 is 29.5 Å². The van der Waals surface area contributed by atoms with Crippen LogP contribution in [0.25, 0.3) is 0 Å². The summed E-state index contributed by atoms with van der Waals surface area (Å²) in [6.07, 6.45) is -1.03. The van der Waals surface area contributed by atoms with Crippen LogP contribution in [-0.4, -0.2) is 22.7 Å². The van der Waals surface area contributed by atoms with Gasteiger partial charge in [0.05, 0.1) is 17.7 Å².